The van der Waals surface area contributed by atoms with Crippen LogP contribution >= 0.6 is 0 Å². The molecule has 0 unspecified atom stereocenters. The van der Waals surface area contributed by atoms with Crippen LogP contribution in [0.4, 0.5) is 5.69 Å². The first-order valence-electron chi connectivity index (χ1n) is 6.32. The molecule has 0 saturated carbocycles. The van der Waals surface area contributed by atoms with Gasteiger partial charge in [0.25, 0.3) is 0 Å². The molecule has 2 rings (SSSR count). The Hall–Kier alpha value is -2.29. The van der Waals surface area contributed by atoms with Gasteiger partial charge in [0.2, 0.25) is 5.91 Å². The van der Waals surface area contributed by atoms with E-state index in [1.165, 1.54) is 6.92 Å². The first-order valence-corrected chi connectivity index (χ1v) is 6.32. The number of anilines is 1. The van der Waals surface area contributed by atoms with Crippen LogP contribution in [-0.4, -0.2) is 5.91 Å². The Morgan fingerprint density at radius 1 is 1.11 bits per heavy atom. The minimum Gasteiger partial charge on any atom is -0.399 e. The molecule has 0 saturated heterocycles. The zero-order chi connectivity index (χ0) is 13.7. The molecule has 1 atom stereocenters. The van der Waals surface area contributed by atoms with Crippen LogP contribution in [0.2, 0.25) is 0 Å². The van der Waals surface area contributed by atoms with Crippen LogP contribution in [0, 0.1) is 0 Å². The fourth-order valence-corrected chi connectivity index (χ4v) is 2.12. The SMILES string of the molecule is CC(=O)N[C@@H](Cc1ccccc1N)c1ccccc1. The summed E-state index contributed by atoms with van der Waals surface area (Å²) in [4.78, 5) is 11.4. The van der Waals surface area contributed by atoms with E-state index in [2.05, 4.69) is 5.32 Å². The zero-order valence-electron chi connectivity index (χ0n) is 11.0. The van der Waals surface area contributed by atoms with Crippen LogP contribution in [0.1, 0.15) is 24.1 Å². The number of hydrogen-bond donors (Lipinski definition) is 2. The number of carbonyl (C=O) groups excluding carboxylic acids is 1. The van der Waals surface area contributed by atoms with Crippen molar-refractivity contribution in [3.05, 3.63) is 65.7 Å². The number of nitrogens with one attached hydrogen (secondary N) is 1. The lowest BCUT2D eigenvalue weighted by molar-refractivity contribution is -0.119. The monoisotopic (exact) mass is 254 g/mol. The summed E-state index contributed by atoms with van der Waals surface area (Å²) in [5, 5.41) is 2.98. The van der Waals surface area contributed by atoms with Gasteiger partial charge in [-0.1, -0.05) is 48.5 Å². The third-order valence-corrected chi connectivity index (χ3v) is 3.06. The maximum Gasteiger partial charge on any atom is 0.217 e. The van der Waals surface area contributed by atoms with Gasteiger partial charge < -0.3 is 11.1 Å². The van der Waals surface area contributed by atoms with E-state index in [0.29, 0.717) is 6.42 Å². The molecule has 98 valence electrons. The Bertz CT molecular complexity index is 552. The zero-order valence-corrected chi connectivity index (χ0v) is 11.0. The van der Waals surface area contributed by atoms with Crippen molar-refractivity contribution in [1.82, 2.24) is 5.32 Å². The van der Waals surface area contributed by atoms with Crippen molar-refractivity contribution >= 4 is 11.6 Å². The van der Waals surface area contributed by atoms with Crippen LogP contribution in [0.25, 0.3) is 0 Å². The Labute approximate surface area is 113 Å². The van der Waals surface area contributed by atoms with E-state index in [-0.39, 0.29) is 11.9 Å². The van der Waals surface area contributed by atoms with Crippen LogP contribution in [0.3, 0.4) is 0 Å². The van der Waals surface area contributed by atoms with Crippen molar-refractivity contribution in [2.45, 2.75) is 19.4 Å². The summed E-state index contributed by atoms with van der Waals surface area (Å²) in [6.45, 7) is 1.53. The smallest absolute Gasteiger partial charge is 0.217 e. The average molecular weight is 254 g/mol. The first kappa shape index (κ1) is 13.1. The van der Waals surface area contributed by atoms with E-state index < -0.39 is 0 Å². The standard InChI is InChI=1S/C16H18N2O/c1-12(19)18-16(13-7-3-2-4-8-13)11-14-9-5-6-10-15(14)17/h2-10,16H,11,17H2,1H3,(H,18,19)/t16-/m0/s1. The summed E-state index contributed by atoms with van der Waals surface area (Å²) < 4.78 is 0. The lowest BCUT2D eigenvalue weighted by Gasteiger charge is -2.19. The molecule has 3 heteroatoms. The highest BCUT2D eigenvalue weighted by Crippen LogP contribution is 2.21. The Balaban J connectivity index is 2.24. The Morgan fingerprint density at radius 2 is 1.74 bits per heavy atom. The molecular formula is C16H18N2O. The molecule has 1 amide bonds. The van der Waals surface area contributed by atoms with Crippen LogP contribution in [0.15, 0.2) is 54.6 Å². The normalized spacial score (nSPS) is 11.8. The third-order valence-electron chi connectivity index (χ3n) is 3.06. The van der Waals surface area contributed by atoms with Gasteiger partial charge in [0.1, 0.15) is 0 Å². The van der Waals surface area contributed by atoms with Crippen molar-refractivity contribution in [2.75, 3.05) is 5.73 Å². The van der Waals surface area contributed by atoms with Crippen LogP contribution in [0.5, 0.6) is 0 Å². The molecule has 0 radical (unpaired) electrons. The number of para-hydroxylation sites is 1. The third kappa shape index (κ3) is 3.58. The maximum absolute atomic E-state index is 11.4. The average Bonchev–Trinajstić information content (AvgIpc) is 2.41. The van der Waals surface area contributed by atoms with Gasteiger partial charge in [-0.05, 0) is 23.6 Å². The molecule has 2 aromatic carbocycles. The lowest BCUT2D eigenvalue weighted by atomic mass is 9.98. The Morgan fingerprint density at radius 3 is 2.37 bits per heavy atom. The molecule has 3 nitrogen and oxygen atoms in total. The largest absolute Gasteiger partial charge is 0.399 e. The van der Waals surface area contributed by atoms with E-state index in [1.807, 2.05) is 54.6 Å². The van der Waals surface area contributed by atoms with Gasteiger partial charge in [-0.3, -0.25) is 4.79 Å². The molecule has 0 bridgehead atoms. The topological polar surface area (TPSA) is 55.1 Å². The van der Waals surface area contributed by atoms with E-state index in [4.69, 9.17) is 5.73 Å². The van der Waals surface area contributed by atoms with E-state index in [9.17, 15) is 4.79 Å². The van der Waals surface area contributed by atoms with Gasteiger partial charge >= 0.3 is 0 Å². The second-order valence-electron chi connectivity index (χ2n) is 4.57. The predicted octanol–water partition coefficient (Wildman–Crippen LogP) is 2.69. The van der Waals surface area contributed by atoms with E-state index in [0.717, 1.165) is 16.8 Å². The second kappa shape index (κ2) is 6.05. The fraction of sp³-hybridized carbons (Fsp3) is 0.188. The summed E-state index contributed by atoms with van der Waals surface area (Å²) in [5.41, 5.74) is 8.85. The summed E-state index contributed by atoms with van der Waals surface area (Å²) in [6, 6.07) is 17.6. The van der Waals surface area contributed by atoms with Crippen molar-refractivity contribution in [3.8, 4) is 0 Å². The molecule has 0 aromatic heterocycles. The van der Waals surface area contributed by atoms with Gasteiger partial charge in [-0.25, -0.2) is 0 Å². The molecule has 0 aliphatic rings. The van der Waals surface area contributed by atoms with Gasteiger partial charge in [0.05, 0.1) is 6.04 Å². The number of nitrogens with two attached hydrogens (primary N) is 1. The molecule has 0 aliphatic carbocycles. The first-order chi connectivity index (χ1) is 9.16. The van der Waals surface area contributed by atoms with Crippen LogP contribution in [-0.2, 0) is 11.2 Å². The van der Waals surface area contributed by atoms with E-state index in [1.54, 1.807) is 0 Å². The number of rotatable bonds is 4. The van der Waals surface area contributed by atoms with Gasteiger partial charge in [-0.2, -0.15) is 0 Å². The quantitative estimate of drug-likeness (QED) is 0.824. The number of carbonyl (C=O) groups is 1. The van der Waals surface area contributed by atoms with Crippen molar-refractivity contribution in [1.29, 1.82) is 0 Å². The van der Waals surface area contributed by atoms with Gasteiger partial charge in [-0.15, -0.1) is 0 Å². The van der Waals surface area contributed by atoms with Crippen molar-refractivity contribution in [2.24, 2.45) is 0 Å². The van der Waals surface area contributed by atoms with Gasteiger partial charge in [0, 0.05) is 12.6 Å². The highest BCUT2D eigenvalue weighted by atomic mass is 16.1. The summed E-state index contributed by atoms with van der Waals surface area (Å²) >= 11 is 0. The van der Waals surface area contributed by atoms with Gasteiger partial charge in [0.15, 0.2) is 0 Å². The molecule has 0 spiro atoms. The van der Waals surface area contributed by atoms with Crippen LogP contribution < -0.4 is 11.1 Å². The number of amides is 1. The summed E-state index contributed by atoms with van der Waals surface area (Å²) in [5.74, 6) is -0.0386. The molecule has 19 heavy (non-hydrogen) atoms. The predicted molar refractivity (Wildman–Crippen MR) is 77.6 cm³/mol. The van der Waals surface area contributed by atoms with Crippen molar-refractivity contribution in [3.63, 3.8) is 0 Å². The fourth-order valence-electron chi connectivity index (χ4n) is 2.12. The molecule has 2 aromatic rings. The number of benzene rings is 2. The molecule has 0 fully saturated rings. The highest BCUT2D eigenvalue weighted by molar-refractivity contribution is 5.73. The molecule has 3 N–H and O–H groups in total. The Kier molecular flexibility index (Phi) is 4.18. The lowest BCUT2D eigenvalue weighted by Crippen LogP contribution is -2.27. The molecule has 0 heterocycles. The summed E-state index contributed by atoms with van der Waals surface area (Å²) in [6.07, 6.45) is 0.691. The highest BCUT2D eigenvalue weighted by Gasteiger charge is 2.14. The number of hydrogen-bond acceptors (Lipinski definition) is 2. The van der Waals surface area contributed by atoms with E-state index >= 15 is 0 Å². The number of nitrogen functional groups attached to an aromatic ring is 1. The molecular weight excluding hydrogens is 236 g/mol. The minimum atomic E-state index is -0.0524. The maximum atomic E-state index is 11.4. The van der Waals surface area contributed by atoms with Crippen molar-refractivity contribution < 1.29 is 4.79 Å². The summed E-state index contributed by atoms with van der Waals surface area (Å²) in [7, 11) is 0. The second-order valence-corrected chi connectivity index (χ2v) is 4.57. The molecule has 0 aliphatic heterocycles. The minimum absolute atomic E-state index is 0.0386.